The maximum absolute atomic E-state index is 13.0. The van der Waals surface area contributed by atoms with Crippen molar-refractivity contribution in [1.82, 2.24) is 5.43 Å². The molecule has 0 radical (unpaired) electrons. The predicted octanol–water partition coefficient (Wildman–Crippen LogP) is 1.69. The molecule has 152 valence electrons. The van der Waals surface area contributed by atoms with Gasteiger partial charge in [0, 0.05) is 18.6 Å². The minimum atomic E-state index is -1.40. The van der Waals surface area contributed by atoms with Crippen molar-refractivity contribution in [3.8, 4) is 0 Å². The number of anilines is 1. The molecule has 0 aromatic heterocycles. The summed E-state index contributed by atoms with van der Waals surface area (Å²) in [5.74, 6) is -1.85. The maximum Gasteiger partial charge on any atom is 0.354 e. The van der Waals surface area contributed by atoms with Gasteiger partial charge in [-0.15, -0.1) is 0 Å². The standard InChI is InChI=1S/C20H16N4O6/c25-17-11-20(19(27)23(17)14-7-4-8-15(9-14)24(28)29)10-16(21-22-20)18(26)30-12-13-5-2-1-3-6-13/h1-9,22H,10-12H2/t20-/m0/s1. The van der Waals surface area contributed by atoms with E-state index in [0.717, 1.165) is 16.5 Å². The van der Waals surface area contributed by atoms with E-state index >= 15 is 0 Å². The molecule has 30 heavy (non-hydrogen) atoms. The fraction of sp³-hybridized carbons (Fsp3) is 0.200. The second-order valence-corrected chi connectivity index (χ2v) is 6.98. The Labute approximate surface area is 170 Å². The molecule has 1 N–H and O–H groups in total. The molecule has 2 heterocycles. The van der Waals surface area contributed by atoms with Crippen LogP contribution in [0.4, 0.5) is 11.4 Å². The SMILES string of the molecule is O=C(OCc1ccccc1)C1=NN[C@]2(CC(=O)N(c3cccc([N+](=O)[O-])c3)C2=O)C1. The van der Waals surface area contributed by atoms with Gasteiger partial charge in [0.2, 0.25) is 5.91 Å². The van der Waals surface area contributed by atoms with Gasteiger partial charge in [-0.3, -0.25) is 25.1 Å². The number of hydrogen-bond acceptors (Lipinski definition) is 8. The Bertz CT molecular complexity index is 1080. The van der Waals surface area contributed by atoms with Crippen molar-refractivity contribution in [1.29, 1.82) is 0 Å². The van der Waals surface area contributed by atoms with E-state index < -0.39 is 28.2 Å². The first-order valence-corrected chi connectivity index (χ1v) is 9.06. The number of benzene rings is 2. The van der Waals surface area contributed by atoms with Crippen molar-refractivity contribution in [2.45, 2.75) is 25.0 Å². The number of nitrogens with one attached hydrogen (secondary N) is 1. The second kappa shape index (κ2) is 7.39. The Hall–Kier alpha value is -4.08. The molecule has 0 aliphatic carbocycles. The highest BCUT2D eigenvalue weighted by Gasteiger charge is 2.56. The van der Waals surface area contributed by atoms with Gasteiger partial charge in [-0.05, 0) is 11.6 Å². The lowest BCUT2D eigenvalue weighted by Gasteiger charge is -2.21. The van der Waals surface area contributed by atoms with Crippen molar-refractivity contribution < 1.29 is 24.0 Å². The Balaban J connectivity index is 1.47. The van der Waals surface area contributed by atoms with E-state index in [2.05, 4.69) is 10.5 Å². The summed E-state index contributed by atoms with van der Waals surface area (Å²) in [6, 6.07) is 14.3. The van der Waals surface area contributed by atoms with Crippen LogP contribution in [0.25, 0.3) is 0 Å². The van der Waals surface area contributed by atoms with Crippen molar-refractivity contribution in [3.05, 3.63) is 70.3 Å². The number of rotatable bonds is 5. The third-order valence-electron chi connectivity index (χ3n) is 4.94. The number of nitrogens with zero attached hydrogens (tertiary/aromatic N) is 3. The summed E-state index contributed by atoms with van der Waals surface area (Å²) in [4.78, 5) is 49.2. The maximum atomic E-state index is 13.0. The number of carbonyl (C=O) groups excluding carboxylic acids is 3. The minimum Gasteiger partial charge on any atom is -0.456 e. The Morgan fingerprint density at radius 2 is 1.93 bits per heavy atom. The lowest BCUT2D eigenvalue weighted by Crippen LogP contribution is -2.47. The van der Waals surface area contributed by atoms with Crippen LogP contribution in [-0.2, 0) is 25.7 Å². The van der Waals surface area contributed by atoms with Crippen LogP contribution in [0.3, 0.4) is 0 Å². The molecule has 0 unspecified atom stereocenters. The Kier molecular flexibility index (Phi) is 4.74. The number of nitro groups is 1. The van der Waals surface area contributed by atoms with Crippen LogP contribution in [0.5, 0.6) is 0 Å². The van der Waals surface area contributed by atoms with Gasteiger partial charge < -0.3 is 4.74 Å². The summed E-state index contributed by atoms with van der Waals surface area (Å²) in [6.45, 7) is 0.0539. The number of non-ortho nitro benzene ring substituents is 1. The van der Waals surface area contributed by atoms with Crippen LogP contribution < -0.4 is 10.3 Å². The third kappa shape index (κ3) is 3.39. The van der Waals surface area contributed by atoms with Crippen molar-refractivity contribution >= 4 is 34.9 Å². The number of nitro benzene ring substituents is 1. The number of carbonyl (C=O) groups is 3. The zero-order chi connectivity index (χ0) is 21.3. The van der Waals surface area contributed by atoms with Crippen LogP contribution in [0.2, 0.25) is 0 Å². The van der Waals surface area contributed by atoms with E-state index in [9.17, 15) is 24.5 Å². The highest BCUT2D eigenvalue weighted by molar-refractivity contribution is 6.39. The summed E-state index contributed by atoms with van der Waals surface area (Å²) < 4.78 is 5.24. The Morgan fingerprint density at radius 3 is 2.67 bits per heavy atom. The van der Waals surface area contributed by atoms with Gasteiger partial charge in [-0.2, -0.15) is 5.10 Å². The van der Waals surface area contributed by atoms with E-state index in [4.69, 9.17) is 4.74 Å². The molecule has 0 saturated carbocycles. The molecular formula is C20H16N4O6. The van der Waals surface area contributed by atoms with Crippen LogP contribution in [0, 0.1) is 10.1 Å². The van der Waals surface area contributed by atoms with Gasteiger partial charge in [0.15, 0.2) is 0 Å². The predicted molar refractivity (Wildman–Crippen MR) is 104 cm³/mol. The summed E-state index contributed by atoms with van der Waals surface area (Å²) in [7, 11) is 0. The first-order chi connectivity index (χ1) is 14.4. The second-order valence-electron chi connectivity index (χ2n) is 6.98. The average Bonchev–Trinajstić information content (AvgIpc) is 3.28. The fourth-order valence-corrected chi connectivity index (χ4v) is 3.44. The van der Waals surface area contributed by atoms with Gasteiger partial charge in [0.25, 0.3) is 11.6 Å². The molecule has 0 bridgehead atoms. The molecule has 1 fully saturated rings. The van der Waals surface area contributed by atoms with Crippen molar-refractivity contribution in [2.75, 3.05) is 4.90 Å². The van der Waals surface area contributed by atoms with Crippen molar-refractivity contribution in [2.24, 2.45) is 5.10 Å². The molecular weight excluding hydrogens is 392 g/mol. The van der Waals surface area contributed by atoms with Crippen LogP contribution in [-0.4, -0.2) is 34.0 Å². The number of hydrazone groups is 1. The van der Waals surface area contributed by atoms with Gasteiger partial charge in [-0.25, -0.2) is 9.69 Å². The number of ether oxygens (including phenoxy) is 1. The zero-order valence-corrected chi connectivity index (χ0v) is 15.6. The fourth-order valence-electron chi connectivity index (χ4n) is 3.44. The Morgan fingerprint density at radius 1 is 1.17 bits per heavy atom. The molecule has 2 aromatic carbocycles. The van der Waals surface area contributed by atoms with E-state index in [1.54, 1.807) is 12.1 Å². The van der Waals surface area contributed by atoms with Gasteiger partial charge in [0.05, 0.1) is 17.0 Å². The molecule has 2 aromatic rings. The molecule has 1 saturated heterocycles. The van der Waals surface area contributed by atoms with E-state index in [1.165, 1.54) is 18.2 Å². The van der Waals surface area contributed by atoms with Gasteiger partial charge in [-0.1, -0.05) is 36.4 Å². The normalized spacial score (nSPS) is 20.3. The number of hydrogen-bond donors (Lipinski definition) is 1. The molecule has 2 amide bonds. The molecule has 10 nitrogen and oxygen atoms in total. The largest absolute Gasteiger partial charge is 0.456 e. The molecule has 4 rings (SSSR count). The quantitative estimate of drug-likeness (QED) is 0.345. The molecule has 2 aliphatic rings. The number of imide groups is 1. The smallest absolute Gasteiger partial charge is 0.354 e. The van der Waals surface area contributed by atoms with Gasteiger partial charge >= 0.3 is 5.97 Å². The highest BCUT2D eigenvalue weighted by Crippen LogP contribution is 2.35. The van der Waals surface area contributed by atoms with E-state index in [0.29, 0.717) is 0 Å². The van der Waals surface area contributed by atoms with E-state index in [1.807, 2.05) is 18.2 Å². The van der Waals surface area contributed by atoms with Crippen LogP contribution in [0.1, 0.15) is 18.4 Å². The summed E-state index contributed by atoms with van der Waals surface area (Å²) in [6.07, 6.45) is -0.343. The first-order valence-electron chi connectivity index (χ1n) is 9.06. The average molecular weight is 408 g/mol. The van der Waals surface area contributed by atoms with Crippen LogP contribution in [0.15, 0.2) is 59.7 Å². The third-order valence-corrected chi connectivity index (χ3v) is 4.94. The minimum absolute atomic E-state index is 0.00738. The highest BCUT2D eigenvalue weighted by atomic mass is 16.6. The first kappa shape index (κ1) is 19.2. The molecule has 1 atom stereocenters. The molecule has 1 spiro atoms. The van der Waals surface area contributed by atoms with Crippen molar-refractivity contribution in [3.63, 3.8) is 0 Å². The number of esters is 1. The number of amides is 2. The monoisotopic (exact) mass is 408 g/mol. The summed E-state index contributed by atoms with van der Waals surface area (Å²) in [5, 5.41) is 14.9. The van der Waals surface area contributed by atoms with Crippen LogP contribution >= 0.6 is 0 Å². The summed E-state index contributed by atoms with van der Waals surface area (Å²) >= 11 is 0. The van der Waals surface area contributed by atoms with Gasteiger partial charge in [0.1, 0.15) is 17.9 Å². The lowest BCUT2D eigenvalue weighted by molar-refractivity contribution is -0.384. The van der Waals surface area contributed by atoms with E-state index in [-0.39, 0.29) is 36.5 Å². The molecule has 10 heteroatoms. The molecule has 2 aliphatic heterocycles. The zero-order valence-electron chi connectivity index (χ0n) is 15.6. The summed E-state index contributed by atoms with van der Waals surface area (Å²) in [5.41, 5.74) is 1.88. The lowest BCUT2D eigenvalue weighted by atomic mass is 9.93. The topological polar surface area (TPSA) is 131 Å².